The second kappa shape index (κ2) is 8.24. The maximum atomic E-state index is 13.5. The van der Waals surface area contributed by atoms with Gasteiger partial charge in [-0.25, -0.2) is 13.5 Å². The van der Waals surface area contributed by atoms with Crippen molar-refractivity contribution in [3.63, 3.8) is 0 Å². The summed E-state index contributed by atoms with van der Waals surface area (Å²) >= 11 is 0. The smallest absolute Gasteiger partial charge is 0.246 e. The largest absolute Gasteiger partial charge is 0.378 e. The molecule has 3 heterocycles. The van der Waals surface area contributed by atoms with Crippen molar-refractivity contribution in [2.75, 3.05) is 49.6 Å². The van der Waals surface area contributed by atoms with Crippen LogP contribution in [0.1, 0.15) is 5.56 Å². The third-order valence-electron chi connectivity index (χ3n) is 5.74. The molecule has 0 spiro atoms. The highest BCUT2D eigenvalue weighted by Crippen LogP contribution is 2.26. The van der Waals surface area contributed by atoms with E-state index < -0.39 is 11.6 Å². The van der Waals surface area contributed by atoms with Crippen LogP contribution >= 0.6 is 0 Å². The Morgan fingerprint density at radius 2 is 1.68 bits per heavy atom. The minimum Gasteiger partial charge on any atom is -0.378 e. The number of ether oxygens (including phenoxy) is 1. The molecule has 3 aromatic rings. The molecule has 2 fully saturated rings. The molecule has 0 radical (unpaired) electrons. The molecule has 0 atom stereocenters. The van der Waals surface area contributed by atoms with E-state index in [2.05, 4.69) is 44.3 Å². The summed E-state index contributed by atoms with van der Waals surface area (Å²) in [7, 11) is 0. The lowest BCUT2D eigenvalue weighted by Crippen LogP contribution is -2.56. The normalized spacial score (nSPS) is 17.6. The maximum absolute atomic E-state index is 13.5. The zero-order valence-corrected chi connectivity index (χ0v) is 17.3. The van der Waals surface area contributed by atoms with Crippen LogP contribution in [0.3, 0.4) is 0 Å². The highest BCUT2D eigenvalue weighted by molar-refractivity contribution is 5.64. The quantitative estimate of drug-likeness (QED) is 0.677. The summed E-state index contributed by atoms with van der Waals surface area (Å²) in [5.74, 6) is -0.961. The number of aryl methyl sites for hydroxylation is 1. The van der Waals surface area contributed by atoms with Gasteiger partial charge in [0.2, 0.25) is 5.95 Å². The summed E-state index contributed by atoms with van der Waals surface area (Å²) in [5, 5.41) is 7.51. The third-order valence-corrected chi connectivity index (χ3v) is 5.74. The van der Waals surface area contributed by atoms with Gasteiger partial charge in [0.25, 0.3) is 0 Å². The molecule has 0 aliphatic carbocycles. The van der Waals surface area contributed by atoms with Crippen molar-refractivity contribution in [2.45, 2.75) is 13.0 Å². The van der Waals surface area contributed by atoms with Crippen LogP contribution in [-0.2, 0) is 4.74 Å². The van der Waals surface area contributed by atoms with Gasteiger partial charge in [0.1, 0.15) is 18.0 Å². The van der Waals surface area contributed by atoms with Crippen LogP contribution in [0.5, 0.6) is 0 Å². The number of halogens is 2. The van der Waals surface area contributed by atoms with Crippen molar-refractivity contribution in [3.05, 3.63) is 59.9 Å². The van der Waals surface area contributed by atoms with E-state index in [-0.39, 0.29) is 5.69 Å². The molecule has 0 unspecified atom stereocenters. The number of anilines is 3. The molecule has 1 N–H and O–H groups in total. The fraction of sp³-hybridized carbons (Fsp3) is 0.364. The Labute approximate surface area is 179 Å². The Kier molecular flexibility index (Phi) is 5.29. The van der Waals surface area contributed by atoms with E-state index in [4.69, 9.17) is 4.74 Å². The van der Waals surface area contributed by atoms with Crippen LogP contribution < -0.4 is 10.2 Å². The Morgan fingerprint density at radius 1 is 0.935 bits per heavy atom. The van der Waals surface area contributed by atoms with Gasteiger partial charge < -0.3 is 15.0 Å². The van der Waals surface area contributed by atoms with Crippen molar-refractivity contribution in [3.8, 4) is 5.69 Å². The molecule has 0 amide bonds. The van der Waals surface area contributed by atoms with Crippen molar-refractivity contribution in [2.24, 2.45) is 0 Å². The Balaban J connectivity index is 1.29. The summed E-state index contributed by atoms with van der Waals surface area (Å²) in [6, 6.07) is 10.1. The van der Waals surface area contributed by atoms with Gasteiger partial charge in [-0.3, -0.25) is 4.90 Å². The number of piperazine rings is 1. The Hall–Kier alpha value is -3.04. The first-order valence-electron chi connectivity index (χ1n) is 10.4. The summed E-state index contributed by atoms with van der Waals surface area (Å²) in [5.41, 5.74) is 3.42. The predicted octanol–water partition coefficient (Wildman–Crippen LogP) is 3.12. The van der Waals surface area contributed by atoms with Gasteiger partial charge in [-0.15, -0.1) is 5.10 Å². The highest BCUT2D eigenvalue weighted by atomic mass is 19.1. The SMILES string of the molecule is Cc1cc(Nc2ncn(-c3cc(F)cc(F)c3)n2)cc(N2CCN(C3COC3)CC2)c1. The number of hydrogen-bond acceptors (Lipinski definition) is 6. The molecule has 5 rings (SSSR count). The zero-order valence-electron chi connectivity index (χ0n) is 17.3. The lowest BCUT2D eigenvalue weighted by Gasteiger charge is -2.43. The predicted molar refractivity (Wildman–Crippen MR) is 114 cm³/mol. The molecule has 162 valence electrons. The van der Waals surface area contributed by atoms with Crippen molar-refractivity contribution in [1.82, 2.24) is 19.7 Å². The van der Waals surface area contributed by atoms with Gasteiger partial charge in [0.05, 0.1) is 24.9 Å². The van der Waals surface area contributed by atoms with Crippen LogP contribution in [0.4, 0.5) is 26.1 Å². The average molecular weight is 426 g/mol. The number of nitrogens with zero attached hydrogens (tertiary/aromatic N) is 5. The Bertz CT molecular complexity index is 1060. The van der Waals surface area contributed by atoms with Gasteiger partial charge >= 0.3 is 0 Å². The molecule has 2 saturated heterocycles. The lowest BCUT2D eigenvalue weighted by atomic mass is 10.1. The lowest BCUT2D eigenvalue weighted by molar-refractivity contribution is -0.0660. The van der Waals surface area contributed by atoms with E-state index in [1.165, 1.54) is 23.1 Å². The first-order valence-corrected chi connectivity index (χ1v) is 10.4. The first kappa shape index (κ1) is 19.9. The van der Waals surface area contributed by atoms with E-state index >= 15 is 0 Å². The van der Waals surface area contributed by atoms with Gasteiger partial charge in [0, 0.05) is 43.6 Å². The molecular weight excluding hydrogens is 402 g/mol. The van der Waals surface area contributed by atoms with E-state index in [0.717, 1.165) is 62.4 Å². The molecule has 0 bridgehead atoms. The average Bonchev–Trinajstić information content (AvgIpc) is 3.14. The fourth-order valence-electron chi connectivity index (χ4n) is 4.04. The summed E-state index contributed by atoms with van der Waals surface area (Å²) in [6.07, 6.45) is 1.43. The molecule has 1 aromatic heterocycles. The topological polar surface area (TPSA) is 58.5 Å². The van der Waals surface area contributed by atoms with E-state index in [1.807, 2.05) is 6.07 Å². The summed E-state index contributed by atoms with van der Waals surface area (Å²) < 4.78 is 33.6. The standard InChI is InChI=1S/C22H24F2N6O/c1-15-6-18(11-19(7-15)28-2-4-29(5-3-28)21-12-31-13-21)26-22-25-14-30(27-22)20-9-16(23)8-17(24)10-20/h6-11,14,21H,2-5,12-13H2,1H3,(H,26,27). The first-order chi connectivity index (χ1) is 15.0. The second-order valence-electron chi connectivity index (χ2n) is 8.04. The monoisotopic (exact) mass is 426 g/mol. The molecule has 9 heteroatoms. The Morgan fingerprint density at radius 3 is 2.35 bits per heavy atom. The molecular formula is C22H24F2N6O. The van der Waals surface area contributed by atoms with Crippen molar-refractivity contribution < 1.29 is 13.5 Å². The van der Waals surface area contributed by atoms with Gasteiger partial charge in [-0.2, -0.15) is 4.98 Å². The van der Waals surface area contributed by atoms with Gasteiger partial charge in [-0.1, -0.05) is 0 Å². The van der Waals surface area contributed by atoms with Gasteiger partial charge in [-0.05, 0) is 42.8 Å². The second-order valence-corrected chi connectivity index (χ2v) is 8.04. The molecule has 0 saturated carbocycles. The fourth-order valence-corrected chi connectivity index (χ4v) is 4.04. The van der Waals surface area contributed by atoms with Gasteiger partial charge in [0.15, 0.2) is 0 Å². The molecule has 2 aromatic carbocycles. The minimum absolute atomic E-state index is 0.276. The number of rotatable bonds is 5. The molecule has 2 aliphatic heterocycles. The number of benzene rings is 2. The van der Waals surface area contributed by atoms with Crippen molar-refractivity contribution in [1.29, 1.82) is 0 Å². The maximum Gasteiger partial charge on any atom is 0.246 e. The van der Waals surface area contributed by atoms with Crippen LogP contribution in [0.15, 0.2) is 42.7 Å². The number of nitrogens with one attached hydrogen (secondary N) is 1. The summed E-state index contributed by atoms with van der Waals surface area (Å²) in [4.78, 5) is 9.11. The van der Waals surface area contributed by atoms with Crippen LogP contribution in [0, 0.1) is 18.6 Å². The molecule has 7 nitrogen and oxygen atoms in total. The zero-order chi connectivity index (χ0) is 21.4. The van der Waals surface area contributed by atoms with Crippen molar-refractivity contribution >= 4 is 17.3 Å². The van der Waals surface area contributed by atoms with Crippen LogP contribution in [0.25, 0.3) is 5.69 Å². The van der Waals surface area contributed by atoms with Crippen LogP contribution in [0.2, 0.25) is 0 Å². The minimum atomic E-state index is -0.659. The highest BCUT2D eigenvalue weighted by Gasteiger charge is 2.29. The molecule has 2 aliphatic rings. The summed E-state index contributed by atoms with van der Waals surface area (Å²) in [6.45, 7) is 7.75. The molecule has 31 heavy (non-hydrogen) atoms. The van der Waals surface area contributed by atoms with E-state index in [0.29, 0.717) is 12.0 Å². The number of hydrogen-bond donors (Lipinski definition) is 1. The third kappa shape index (κ3) is 4.38. The number of aromatic nitrogens is 3. The van der Waals surface area contributed by atoms with E-state index in [1.54, 1.807) is 0 Å². The van der Waals surface area contributed by atoms with Crippen LogP contribution in [-0.4, -0.2) is 65.1 Å². The van der Waals surface area contributed by atoms with E-state index in [9.17, 15) is 8.78 Å².